The van der Waals surface area contributed by atoms with Crippen LogP contribution in [0.3, 0.4) is 0 Å². The van der Waals surface area contributed by atoms with E-state index in [4.69, 9.17) is 4.74 Å². The Morgan fingerprint density at radius 3 is 2.64 bits per heavy atom. The molecule has 0 atom stereocenters. The van der Waals surface area contributed by atoms with Gasteiger partial charge in [0, 0.05) is 18.7 Å². The smallest absolute Gasteiger partial charge is 0.380 e. The number of aliphatic imine (C=N–C) groups is 1. The number of nitrogens with one attached hydrogen (secondary N) is 2. The van der Waals surface area contributed by atoms with E-state index in [1.165, 1.54) is 6.07 Å². The second kappa shape index (κ2) is 12.8. The second-order valence-corrected chi connectivity index (χ2v) is 4.69. The zero-order valence-corrected chi connectivity index (χ0v) is 16.6. The van der Waals surface area contributed by atoms with Crippen LogP contribution in [-0.4, -0.2) is 38.8 Å². The molecule has 0 amide bonds. The van der Waals surface area contributed by atoms with Crippen LogP contribution in [0, 0.1) is 11.8 Å². The molecule has 8 heteroatoms. The van der Waals surface area contributed by atoms with Crippen molar-refractivity contribution in [2.45, 2.75) is 20.0 Å². The molecule has 0 aromatic heterocycles. The van der Waals surface area contributed by atoms with Crippen molar-refractivity contribution in [3.63, 3.8) is 0 Å². The lowest BCUT2D eigenvalue weighted by Gasteiger charge is -2.08. The van der Waals surface area contributed by atoms with Gasteiger partial charge in [0.2, 0.25) is 0 Å². The van der Waals surface area contributed by atoms with Crippen molar-refractivity contribution in [1.82, 2.24) is 10.6 Å². The minimum Gasteiger partial charge on any atom is -0.380 e. The fourth-order valence-corrected chi connectivity index (χ4v) is 1.76. The molecule has 1 aromatic rings. The zero-order chi connectivity index (χ0) is 17.8. The van der Waals surface area contributed by atoms with Crippen molar-refractivity contribution in [3.05, 3.63) is 35.4 Å². The molecule has 0 aliphatic heterocycles. The maximum Gasteiger partial charge on any atom is 0.416 e. The number of hydrogen-bond acceptors (Lipinski definition) is 2. The predicted molar refractivity (Wildman–Crippen MR) is 104 cm³/mol. The van der Waals surface area contributed by atoms with Gasteiger partial charge in [-0.15, -0.1) is 24.0 Å². The number of rotatable bonds is 6. The van der Waals surface area contributed by atoms with Crippen molar-refractivity contribution < 1.29 is 17.9 Å². The molecule has 0 saturated carbocycles. The Morgan fingerprint density at radius 1 is 1.24 bits per heavy atom. The van der Waals surface area contributed by atoms with E-state index in [-0.39, 0.29) is 30.5 Å². The first kappa shape index (κ1) is 23.5. The van der Waals surface area contributed by atoms with Crippen molar-refractivity contribution >= 4 is 29.9 Å². The van der Waals surface area contributed by atoms with E-state index in [9.17, 15) is 13.2 Å². The molecule has 0 heterocycles. The molecular weight excluding hydrogens is 446 g/mol. The van der Waals surface area contributed by atoms with Gasteiger partial charge in [-0.2, -0.15) is 13.2 Å². The summed E-state index contributed by atoms with van der Waals surface area (Å²) in [5, 5.41) is 6.05. The fraction of sp³-hybridized carbons (Fsp3) is 0.471. The molecule has 0 aliphatic carbocycles. The quantitative estimate of drug-likeness (QED) is 0.221. The lowest BCUT2D eigenvalue weighted by molar-refractivity contribution is -0.137. The Hall–Kier alpha value is -1.47. The van der Waals surface area contributed by atoms with Crippen LogP contribution in [0.2, 0.25) is 0 Å². The molecule has 4 nitrogen and oxygen atoms in total. The Labute approximate surface area is 163 Å². The number of guanidine groups is 1. The van der Waals surface area contributed by atoms with Crippen LogP contribution in [0.15, 0.2) is 29.3 Å². The Balaban J connectivity index is 0.00000576. The number of nitrogens with zero attached hydrogens (tertiary/aromatic N) is 1. The number of alkyl halides is 3. The average Bonchev–Trinajstić information content (AvgIpc) is 2.55. The van der Waals surface area contributed by atoms with E-state index < -0.39 is 11.7 Å². The van der Waals surface area contributed by atoms with E-state index in [0.717, 1.165) is 12.1 Å². The van der Waals surface area contributed by atoms with Crippen LogP contribution < -0.4 is 10.6 Å². The third-order valence-electron chi connectivity index (χ3n) is 2.82. The van der Waals surface area contributed by atoms with Gasteiger partial charge in [-0.25, -0.2) is 0 Å². The SMILES string of the molecule is CCNC(=NCCOCC)NCC#Cc1cccc(C(F)(F)F)c1.I. The average molecular weight is 469 g/mol. The van der Waals surface area contributed by atoms with E-state index >= 15 is 0 Å². The summed E-state index contributed by atoms with van der Waals surface area (Å²) < 4.78 is 43.1. The Kier molecular flexibility index (Phi) is 12.1. The van der Waals surface area contributed by atoms with Crippen molar-refractivity contribution in [3.8, 4) is 11.8 Å². The molecule has 140 valence electrons. The van der Waals surface area contributed by atoms with Crippen LogP contribution in [-0.2, 0) is 10.9 Å². The van der Waals surface area contributed by atoms with Crippen molar-refractivity contribution in [2.75, 3.05) is 32.8 Å². The third-order valence-corrected chi connectivity index (χ3v) is 2.82. The molecule has 0 saturated heterocycles. The summed E-state index contributed by atoms with van der Waals surface area (Å²) in [5.74, 6) is 6.09. The molecule has 0 spiro atoms. The summed E-state index contributed by atoms with van der Waals surface area (Å²) in [6, 6.07) is 4.95. The zero-order valence-electron chi connectivity index (χ0n) is 14.2. The summed E-state index contributed by atoms with van der Waals surface area (Å²) >= 11 is 0. The fourth-order valence-electron chi connectivity index (χ4n) is 1.76. The minimum atomic E-state index is -4.36. The molecule has 2 N–H and O–H groups in total. The van der Waals surface area contributed by atoms with Crippen LogP contribution in [0.5, 0.6) is 0 Å². The van der Waals surface area contributed by atoms with Gasteiger partial charge in [-0.3, -0.25) is 4.99 Å². The van der Waals surface area contributed by atoms with Gasteiger partial charge in [0.25, 0.3) is 0 Å². The molecule has 1 rings (SSSR count). The van der Waals surface area contributed by atoms with Gasteiger partial charge in [0.05, 0.1) is 25.3 Å². The van der Waals surface area contributed by atoms with Gasteiger partial charge in [0.15, 0.2) is 5.96 Å². The van der Waals surface area contributed by atoms with E-state index in [0.29, 0.717) is 37.8 Å². The first-order chi connectivity index (χ1) is 11.5. The molecule has 0 fully saturated rings. The Bertz CT molecular complexity index is 595. The number of hydrogen-bond donors (Lipinski definition) is 2. The monoisotopic (exact) mass is 469 g/mol. The number of benzene rings is 1. The van der Waals surface area contributed by atoms with Gasteiger partial charge >= 0.3 is 6.18 Å². The molecule has 1 aromatic carbocycles. The minimum absolute atomic E-state index is 0. The summed E-state index contributed by atoms with van der Waals surface area (Å²) in [6.07, 6.45) is -4.36. The predicted octanol–water partition coefficient (Wildman–Crippen LogP) is 3.27. The molecule has 25 heavy (non-hydrogen) atoms. The first-order valence-corrected chi connectivity index (χ1v) is 7.73. The molecular formula is C17H23F3IN3O. The molecule has 0 unspecified atom stereocenters. The largest absolute Gasteiger partial charge is 0.416 e. The van der Waals surface area contributed by atoms with Crippen LogP contribution in [0.25, 0.3) is 0 Å². The highest BCUT2D eigenvalue weighted by Crippen LogP contribution is 2.29. The van der Waals surface area contributed by atoms with Crippen molar-refractivity contribution in [1.29, 1.82) is 0 Å². The maximum absolute atomic E-state index is 12.6. The highest BCUT2D eigenvalue weighted by atomic mass is 127. The molecule has 0 bridgehead atoms. The third kappa shape index (κ3) is 10.2. The summed E-state index contributed by atoms with van der Waals surface area (Å²) in [6.45, 7) is 6.51. The molecule has 0 aliphatic rings. The summed E-state index contributed by atoms with van der Waals surface area (Å²) in [7, 11) is 0. The van der Waals surface area contributed by atoms with Gasteiger partial charge in [-0.1, -0.05) is 17.9 Å². The van der Waals surface area contributed by atoms with Gasteiger partial charge in [-0.05, 0) is 32.0 Å². The van der Waals surface area contributed by atoms with Crippen LogP contribution in [0.4, 0.5) is 13.2 Å². The normalized spacial score (nSPS) is 11.2. The van der Waals surface area contributed by atoms with Gasteiger partial charge in [0.1, 0.15) is 0 Å². The lowest BCUT2D eigenvalue weighted by atomic mass is 10.1. The topological polar surface area (TPSA) is 45.7 Å². The Morgan fingerprint density at radius 2 is 2.00 bits per heavy atom. The number of halogens is 4. The number of ether oxygens (including phenoxy) is 1. The lowest BCUT2D eigenvalue weighted by Crippen LogP contribution is -2.37. The van der Waals surface area contributed by atoms with Crippen molar-refractivity contribution in [2.24, 2.45) is 4.99 Å². The highest BCUT2D eigenvalue weighted by Gasteiger charge is 2.30. The van der Waals surface area contributed by atoms with Gasteiger partial charge < -0.3 is 15.4 Å². The van der Waals surface area contributed by atoms with Crippen LogP contribution >= 0.6 is 24.0 Å². The maximum atomic E-state index is 12.6. The highest BCUT2D eigenvalue weighted by molar-refractivity contribution is 14.0. The van der Waals surface area contributed by atoms with E-state index in [2.05, 4.69) is 27.5 Å². The van der Waals surface area contributed by atoms with E-state index in [1.807, 2.05) is 13.8 Å². The summed E-state index contributed by atoms with van der Waals surface area (Å²) in [5.41, 5.74) is -0.377. The molecule has 0 radical (unpaired) electrons. The van der Waals surface area contributed by atoms with E-state index in [1.54, 1.807) is 6.07 Å². The second-order valence-electron chi connectivity index (χ2n) is 4.69. The standard InChI is InChI=1S/C17H22F3N3O.HI/c1-3-21-16(23-11-12-24-4-2)22-10-6-8-14-7-5-9-15(13-14)17(18,19)20;/h5,7,9,13H,3-4,10-12H2,1-2H3,(H2,21,22,23);1H. The first-order valence-electron chi connectivity index (χ1n) is 7.73. The summed E-state index contributed by atoms with van der Waals surface area (Å²) in [4.78, 5) is 4.29. The van der Waals surface area contributed by atoms with Crippen LogP contribution in [0.1, 0.15) is 25.0 Å².